The molecule has 1 saturated heterocycles. The van der Waals surface area contributed by atoms with Crippen LogP contribution in [0, 0.1) is 17.2 Å². The van der Waals surface area contributed by atoms with Crippen LogP contribution in [-0.2, 0) is 0 Å². The third kappa shape index (κ3) is 4.93. The van der Waals surface area contributed by atoms with Crippen molar-refractivity contribution in [1.82, 2.24) is 10.2 Å². The molecule has 16 heavy (non-hydrogen) atoms. The minimum Gasteiger partial charge on any atom is -0.395 e. The van der Waals surface area contributed by atoms with Gasteiger partial charge in [0.2, 0.25) is 0 Å². The van der Waals surface area contributed by atoms with Gasteiger partial charge in [-0.25, -0.2) is 0 Å². The molecule has 92 valence electrons. The van der Waals surface area contributed by atoms with E-state index in [4.69, 9.17) is 10.4 Å². The predicted octanol–water partition coefficient (Wildman–Crippen LogP) is 0.582. The molecule has 0 radical (unpaired) electrons. The molecule has 2 N–H and O–H groups in total. The van der Waals surface area contributed by atoms with Gasteiger partial charge >= 0.3 is 0 Å². The van der Waals surface area contributed by atoms with Crippen molar-refractivity contribution in [3.63, 3.8) is 0 Å². The van der Waals surface area contributed by atoms with E-state index in [2.05, 4.69) is 23.2 Å². The minimum atomic E-state index is 0.266. The van der Waals surface area contributed by atoms with Crippen LogP contribution >= 0.6 is 0 Å². The van der Waals surface area contributed by atoms with Crippen molar-refractivity contribution < 1.29 is 5.11 Å². The predicted molar refractivity (Wildman–Crippen MR) is 63.9 cm³/mol. The summed E-state index contributed by atoms with van der Waals surface area (Å²) in [5, 5.41) is 20.8. The molecule has 1 rings (SSSR count). The Balaban J connectivity index is 2.10. The second kappa shape index (κ2) is 7.61. The first-order valence-electron chi connectivity index (χ1n) is 6.19. The van der Waals surface area contributed by atoms with E-state index >= 15 is 0 Å². The Hall–Kier alpha value is -0.630. The zero-order valence-corrected chi connectivity index (χ0v) is 10.2. The number of rotatable bonds is 6. The average Bonchev–Trinajstić information content (AvgIpc) is 2.29. The Morgan fingerprint density at radius 2 is 2.19 bits per heavy atom. The van der Waals surface area contributed by atoms with E-state index in [0.29, 0.717) is 12.5 Å². The van der Waals surface area contributed by atoms with Gasteiger partial charge in [-0.2, -0.15) is 5.26 Å². The molecule has 1 heterocycles. The van der Waals surface area contributed by atoms with E-state index in [1.807, 2.05) is 0 Å². The number of hydrogen-bond donors (Lipinski definition) is 2. The lowest BCUT2D eigenvalue weighted by atomic mass is 9.96. The summed E-state index contributed by atoms with van der Waals surface area (Å²) in [5.41, 5.74) is 0. The average molecular weight is 225 g/mol. The molecule has 1 atom stereocenters. The maximum absolute atomic E-state index is 8.83. The lowest BCUT2D eigenvalue weighted by Crippen LogP contribution is -2.40. The van der Waals surface area contributed by atoms with Crippen LogP contribution < -0.4 is 5.32 Å². The first-order valence-corrected chi connectivity index (χ1v) is 6.19. The molecular weight excluding hydrogens is 202 g/mol. The van der Waals surface area contributed by atoms with Crippen LogP contribution in [0.25, 0.3) is 0 Å². The van der Waals surface area contributed by atoms with Gasteiger partial charge in [-0.3, -0.25) is 0 Å². The molecule has 0 aliphatic carbocycles. The van der Waals surface area contributed by atoms with Gasteiger partial charge in [0.1, 0.15) is 0 Å². The first kappa shape index (κ1) is 13.4. The number of aliphatic hydroxyl groups is 1. The summed E-state index contributed by atoms with van der Waals surface area (Å²) in [5.74, 6) is 0.732. The largest absolute Gasteiger partial charge is 0.395 e. The van der Waals surface area contributed by atoms with E-state index < -0.39 is 0 Å². The molecule has 1 unspecified atom stereocenters. The maximum atomic E-state index is 8.83. The molecule has 4 nitrogen and oxygen atoms in total. The van der Waals surface area contributed by atoms with Gasteiger partial charge in [-0.05, 0) is 45.3 Å². The van der Waals surface area contributed by atoms with Gasteiger partial charge in [0.15, 0.2) is 0 Å². The molecule has 0 aromatic rings. The highest BCUT2D eigenvalue weighted by molar-refractivity contribution is 4.80. The Labute approximate surface area is 98.2 Å². The first-order chi connectivity index (χ1) is 7.76. The lowest BCUT2D eigenvalue weighted by molar-refractivity contribution is 0.146. The van der Waals surface area contributed by atoms with E-state index in [0.717, 1.165) is 32.1 Å². The third-order valence-electron chi connectivity index (χ3n) is 3.28. The van der Waals surface area contributed by atoms with E-state index in [1.165, 1.54) is 12.8 Å². The summed E-state index contributed by atoms with van der Waals surface area (Å²) < 4.78 is 0. The number of nitrogens with one attached hydrogen (secondary N) is 1. The summed E-state index contributed by atoms with van der Waals surface area (Å²) in [6.07, 6.45) is 2.99. The van der Waals surface area contributed by atoms with Gasteiger partial charge in [-0.1, -0.05) is 0 Å². The van der Waals surface area contributed by atoms with Crippen LogP contribution in [0.15, 0.2) is 0 Å². The zero-order chi connectivity index (χ0) is 11.8. The van der Waals surface area contributed by atoms with E-state index in [-0.39, 0.29) is 6.61 Å². The summed E-state index contributed by atoms with van der Waals surface area (Å²) >= 11 is 0. The van der Waals surface area contributed by atoms with Crippen molar-refractivity contribution in [3.05, 3.63) is 0 Å². The maximum Gasteiger partial charge on any atom is 0.0638 e. The molecule has 4 heteroatoms. The number of nitriles is 1. The molecule has 0 aromatic heterocycles. The summed E-state index contributed by atoms with van der Waals surface area (Å²) in [6.45, 7) is 6.35. The smallest absolute Gasteiger partial charge is 0.0638 e. The highest BCUT2D eigenvalue weighted by atomic mass is 16.3. The fourth-order valence-corrected chi connectivity index (χ4v) is 2.13. The molecule has 1 fully saturated rings. The highest BCUT2D eigenvalue weighted by Gasteiger charge is 2.18. The Bertz CT molecular complexity index is 219. The number of likely N-dealkylation sites (tertiary alicyclic amines) is 1. The molecule has 0 amide bonds. The van der Waals surface area contributed by atoms with Gasteiger partial charge in [0, 0.05) is 12.6 Å². The number of hydrogen-bond acceptors (Lipinski definition) is 4. The van der Waals surface area contributed by atoms with Crippen LogP contribution in [0.5, 0.6) is 0 Å². The van der Waals surface area contributed by atoms with Gasteiger partial charge in [-0.15, -0.1) is 0 Å². The molecule has 1 aliphatic rings. The highest BCUT2D eigenvalue weighted by Crippen LogP contribution is 2.16. The summed E-state index contributed by atoms with van der Waals surface area (Å²) in [7, 11) is 0. The third-order valence-corrected chi connectivity index (χ3v) is 3.28. The van der Waals surface area contributed by atoms with Crippen molar-refractivity contribution in [3.8, 4) is 6.07 Å². The van der Waals surface area contributed by atoms with Crippen LogP contribution in [-0.4, -0.2) is 48.8 Å². The second-order valence-corrected chi connectivity index (χ2v) is 4.68. The molecule has 0 aromatic carbocycles. The quantitative estimate of drug-likeness (QED) is 0.694. The van der Waals surface area contributed by atoms with Crippen molar-refractivity contribution in [2.75, 3.05) is 32.8 Å². The monoisotopic (exact) mass is 225 g/mol. The number of nitrogens with zero attached hydrogens (tertiary/aromatic N) is 2. The van der Waals surface area contributed by atoms with E-state index in [9.17, 15) is 0 Å². The molecular formula is C12H23N3O. The second-order valence-electron chi connectivity index (χ2n) is 4.68. The molecule has 0 bridgehead atoms. The van der Waals surface area contributed by atoms with Crippen molar-refractivity contribution in [2.45, 2.75) is 32.2 Å². The lowest BCUT2D eigenvalue weighted by Gasteiger charge is -2.32. The minimum absolute atomic E-state index is 0.266. The summed E-state index contributed by atoms with van der Waals surface area (Å²) in [6, 6.07) is 2.49. The standard InChI is InChI=1S/C12H23N3O/c1-11(2-5-13)14-10-12-3-6-15(7-4-12)8-9-16/h11-12,14,16H,2-4,6-10H2,1H3. The van der Waals surface area contributed by atoms with Gasteiger partial charge in [0.05, 0.1) is 19.1 Å². The van der Waals surface area contributed by atoms with E-state index in [1.54, 1.807) is 0 Å². The number of piperidine rings is 1. The number of aliphatic hydroxyl groups excluding tert-OH is 1. The molecule has 0 saturated carbocycles. The van der Waals surface area contributed by atoms with Gasteiger partial charge in [0.25, 0.3) is 0 Å². The normalized spacial score (nSPS) is 20.6. The fourth-order valence-electron chi connectivity index (χ4n) is 2.13. The fraction of sp³-hybridized carbons (Fsp3) is 0.917. The Morgan fingerprint density at radius 1 is 1.50 bits per heavy atom. The van der Waals surface area contributed by atoms with Crippen molar-refractivity contribution >= 4 is 0 Å². The van der Waals surface area contributed by atoms with Crippen LogP contribution in [0.1, 0.15) is 26.2 Å². The van der Waals surface area contributed by atoms with Crippen LogP contribution in [0.2, 0.25) is 0 Å². The summed E-state index contributed by atoms with van der Waals surface area (Å²) in [4.78, 5) is 2.31. The van der Waals surface area contributed by atoms with Crippen LogP contribution in [0.3, 0.4) is 0 Å². The zero-order valence-electron chi connectivity index (χ0n) is 10.2. The Morgan fingerprint density at radius 3 is 2.75 bits per heavy atom. The molecule has 1 aliphatic heterocycles. The van der Waals surface area contributed by atoms with Crippen molar-refractivity contribution in [1.29, 1.82) is 5.26 Å². The SMILES string of the molecule is CC(CC#N)NCC1CCN(CCO)CC1. The molecule has 0 spiro atoms. The number of β-amino-alcohol motifs (C(OH)–C–C–N with tert-alkyl or cyclic N) is 1. The van der Waals surface area contributed by atoms with Gasteiger partial charge < -0.3 is 15.3 Å². The van der Waals surface area contributed by atoms with Crippen molar-refractivity contribution in [2.24, 2.45) is 5.92 Å². The van der Waals surface area contributed by atoms with Crippen LogP contribution in [0.4, 0.5) is 0 Å². The Kier molecular flexibility index (Phi) is 6.39. The topological polar surface area (TPSA) is 59.3 Å².